The molecule has 0 saturated heterocycles. The highest BCUT2D eigenvalue weighted by Gasteiger charge is 1.78. The van der Waals surface area contributed by atoms with Crippen LogP contribution in [0.5, 0.6) is 0 Å². The number of carboxylic acid groups (broad SMARTS) is 2. The second-order valence-corrected chi connectivity index (χ2v) is 1.58. The van der Waals surface area contributed by atoms with Crippen LogP contribution >= 0.6 is 0 Å². The van der Waals surface area contributed by atoms with Crippen molar-refractivity contribution >= 4 is 18.3 Å². The van der Waals surface area contributed by atoms with Gasteiger partial charge in [0.25, 0.3) is 0 Å². The van der Waals surface area contributed by atoms with E-state index in [1.807, 2.05) is 13.0 Å². The van der Waals surface area contributed by atoms with Crippen LogP contribution in [-0.2, 0) is 0 Å². The van der Waals surface area contributed by atoms with Gasteiger partial charge in [-0.3, -0.25) is 10.8 Å². The van der Waals surface area contributed by atoms with E-state index in [4.69, 9.17) is 26.3 Å². The molecule has 7 nitrogen and oxygen atoms in total. The van der Waals surface area contributed by atoms with Gasteiger partial charge >= 0.3 is 6.16 Å². The van der Waals surface area contributed by atoms with E-state index >= 15 is 0 Å². The summed E-state index contributed by atoms with van der Waals surface area (Å²) in [6, 6.07) is 0. The Kier molecular flexibility index (Phi) is 10.6. The number of nitrogens with two attached hydrogens (primary N) is 1. The van der Waals surface area contributed by atoms with Gasteiger partial charge in [-0.2, -0.15) is 0 Å². The first-order valence-electron chi connectivity index (χ1n) is 3.17. The highest BCUT2D eigenvalue weighted by atomic mass is 16.6. The van der Waals surface area contributed by atoms with Crippen LogP contribution in [-0.4, -0.2) is 28.5 Å². The molecule has 0 aromatic carbocycles. The minimum Gasteiger partial charge on any atom is -0.450 e. The third-order valence-corrected chi connectivity index (χ3v) is 0.619. The fourth-order valence-corrected chi connectivity index (χ4v) is 0.241. The lowest BCUT2D eigenvalue weighted by atomic mass is 10.6. The van der Waals surface area contributed by atoms with Gasteiger partial charge in [0.05, 0.1) is 0 Å². The molecule has 0 amide bonds. The quantitative estimate of drug-likeness (QED) is 0.174. The number of rotatable bonds is 1. The molecule has 0 radical (unpaired) electrons. The largest absolute Gasteiger partial charge is 0.503 e. The highest BCUT2D eigenvalue weighted by molar-refractivity contribution is 5.88. The van der Waals surface area contributed by atoms with Gasteiger partial charge in [-0.15, -0.1) is 0 Å². The molecule has 7 heteroatoms. The van der Waals surface area contributed by atoms with Crippen molar-refractivity contribution in [2.45, 2.75) is 6.92 Å². The predicted octanol–water partition coefficient (Wildman–Crippen LogP) is 0.254. The molecule has 0 atom stereocenters. The molecule has 0 aliphatic rings. The molecular formula is C6H12N4O3. The summed E-state index contributed by atoms with van der Waals surface area (Å²) in [4.78, 5) is 12.1. The number of nitrogens with zero attached hydrogens (tertiary/aromatic N) is 1. The van der Waals surface area contributed by atoms with Crippen molar-refractivity contribution in [1.82, 2.24) is 5.43 Å². The molecule has 0 rings (SSSR count). The van der Waals surface area contributed by atoms with Gasteiger partial charge in [-0.1, -0.05) is 6.08 Å². The molecule has 0 bridgehead atoms. The maximum atomic E-state index is 8.56. The minimum atomic E-state index is -1.83. The van der Waals surface area contributed by atoms with Gasteiger partial charge in [-0.05, 0) is 13.0 Å². The summed E-state index contributed by atoms with van der Waals surface area (Å²) < 4.78 is 0. The number of hydrazine groups is 1. The van der Waals surface area contributed by atoms with Crippen LogP contribution < -0.4 is 11.3 Å². The maximum Gasteiger partial charge on any atom is 0.503 e. The Morgan fingerprint density at radius 1 is 1.62 bits per heavy atom. The third kappa shape index (κ3) is 25.5. The van der Waals surface area contributed by atoms with E-state index in [1.165, 1.54) is 6.21 Å². The van der Waals surface area contributed by atoms with Gasteiger partial charge in [0.1, 0.15) is 0 Å². The average Bonchev–Trinajstić information content (AvgIpc) is 2.03. The molecular weight excluding hydrogens is 176 g/mol. The van der Waals surface area contributed by atoms with Crippen molar-refractivity contribution in [2.24, 2.45) is 10.8 Å². The Balaban J connectivity index is 0. The second kappa shape index (κ2) is 10.1. The van der Waals surface area contributed by atoms with E-state index in [0.29, 0.717) is 0 Å². The molecule has 0 saturated carbocycles. The van der Waals surface area contributed by atoms with E-state index in [2.05, 4.69) is 10.4 Å². The van der Waals surface area contributed by atoms with E-state index in [-0.39, 0.29) is 5.96 Å². The summed E-state index contributed by atoms with van der Waals surface area (Å²) in [6.07, 6.45) is 3.18. The van der Waals surface area contributed by atoms with Gasteiger partial charge in [0.2, 0.25) is 5.96 Å². The smallest absolute Gasteiger partial charge is 0.450 e. The van der Waals surface area contributed by atoms with E-state index in [1.54, 1.807) is 6.08 Å². The number of guanidine groups is 1. The molecule has 6 N–H and O–H groups in total. The normalized spacial score (nSPS) is 9.38. The summed E-state index contributed by atoms with van der Waals surface area (Å²) in [5.41, 5.74) is 2.08. The van der Waals surface area contributed by atoms with Crippen LogP contribution in [0, 0.1) is 5.41 Å². The average molecular weight is 188 g/mol. The van der Waals surface area contributed by atoms with Crippen molar-refractivity contribution in [3.63, 3.8) is 0 Å². The SMILES string of the molecule is CC=CC=NC(=N)NN.O=C(O)O. The van der Waals surface area contributed by atoms with Gasteiger partial charge < -0.3 is 10.2 Å². The fraction of sp³-hybridized carbons (Fsp3) is 0.167. The molecule has 0 aromatic rings. The molecule has 0 heterocycles. The standard InChI is InChI=1S/C5H10N4.CH2O3/c1-2-3-4-8-5(6)9-7;2-1(3)4/h2-4H,7H2,1H3,(H2,6,9);(H2,2,3,4). The number of carbonyl (C=O) groups is 1. The van der Waals surface area contributed by atoms with Crippen LogP contribution in [0.25, 0.3) is 0 Å². The van der Waals surface area contributed by atoms with E-state index in [9.17, 15) is 0 Å². The molecule has 74 valence electrons. The first-order chi connectivity index (χ1) is 6.04. The maximum absolute atomic E-state index is 8.56. The zero-order chi connectivity index (χ0) is 10.7. The molecule has 0 spiro atoms. The van der Waals surface area contributed by atoms with Crippen molar-refractivity contribution in [1.29, 1.82) is 5.41 Å². The summed E-state index contributed by atoms with van der Waals surface area (Å²) in [6.45, 7) is 1.87. The first kappa shape index (κ1) is 13.7. The van der Waals surface area contributed by atoms with Crippen LogP contribution in [0.2, 0.25) is 0 Å². The molecule has 0 unspecified atom stereocenters. The number of hydrogen-bond acceptors (Lipinski definition) is 3. The minimum absolute atomic E-state index is 0.0481. The van der Waals surface area contributed by atoms with Crippen molar-refractivity contribution < 1.29 is 15.0 Å². The van der Waals surface area contributed by atoms with Crippen molar-refractivity contribution in [3.8, 4) is 0 Å². The lowest BCUT2D eigenvalue weighted by Crippen LogP contribution is -2.27. The molecule has 0 aromatic heterocycles. The third-order valence-electron chi connectivity index (χ3n) is 0.619. The zero-order valence-corrected chi connectivity index (χ0v) is 7.06. The topological polar surface area (TPSA) is 132 Å². The highest BCUT2D eigenvalue weighted by Crippen LogP contribution is 1.67. The Morgan fingerprint density at radius 3 is 2.38 bits per heavy atom. The Hall–Kier alpha value is -1.89. The van der Waals surface area contributed by atoms with E-state index < -0.39 is 6.16 Å². The molecule has 0 fully saturated rings. The lowest BCUT2D eigenvalue weighted by molar-refractivity contribution is 0.137. The second-order valence-electron chi connectivity index (χ2n) is 1.58. The van der Waals surface area contributed by atoms with E-state index in [0.717, 1.165) is 0 Å². The van der Waals surface area contributed by atoms with Crippen molar-refractivity contribution in [3.05, 3.63) is 12.2 Å². The van der Waals surface area contributed by atoms with Crippen LogP contribution in [0.15, 0.2) is 17.1 Å². The van der Waals surface area contributed by atoms with Crippen molar-refractivity contribution in [2.75, 3.05) is 0 Å². The summed E-state index contributed by atoms with van der Waals surface area (Å²) in [7, 11) is 0. The Morgan fingerprint density at radius 2 is 2.08 bits per heavy atom. The first-order valence-corrected chi connectivity index (χ1v) is 3.17. The van der Waals surface area contributed by atoms with Crippen LogP contribution in [0.4, 0.5) is 4.79 Å². The Labute approximate surface area is 75.1 Å². The summed E-state index contributed by atoms with van der Waals surface area (Å²) in [5, 5.41) is 20.8. The molecule has 13 heavy (non-hydrogen) atoms. The molecule has 0 aliphatic carbocycles. The monoisotopic (exact) mass is 188 g/mol. The number of hydrogen-bond donors (Lipinski definition) is 5. The zero-order valence-electron chi connectivity index (χ0n) is 7.06. The summed E-state index contributed by atoms with van der Waals surface area (Å²) >= 11 is 0. The number of aliphatic imine (C=N–C) groups is 1. The Bertz CT molecular complexity index is 208. The fourth-order valence-electron chi connectivity index (χ4n) is 0.241. The summed E-state index contributed by atoms with van der Waals surface area (Å²) in [5.74, 6) is 4.79. The van der Waals surface area contributed by atoms with Crippen LogP contribution in [0.1, 0.15) is 6.92 Å². The van der Waals surface area contributed by atoms with Crippen LogP contribution in [0.3, 0.4) is 0 Å². The molecule has 0 aliphatic heterocycles. The number of nitrogens with one attached hydrogen (secondary N) is 2. The number of allylic oxidation sites excluding steroid dienone is 2. The predicted molar refractivity (Wildman–Crippen MR) is 49.0 cm³/mol. The lowest BCUT2D eigenvalue weighted by Gasteiger charge is -1.89. The van der Waals surface area contributed by atoms with Gasteiger partial charge in [0.15, 0.2) is 0 Å². The van der Waals surface area contributed by atoms with Gasteiger partial charge in [0, 0.05) is 6.21 Å². The van der Waals surface area contributed by atoms with Gasteiger partial charge in [-0.25, -0.2) is 15.6 Å².